The fourth-order valence-electron chi connectivity index (χ4n) is 3.60. The van der Waals surface area contributed by atoms with Crippen LogP contribution in [0.25, 0.3) is 11.1 Å². The van der Waals surface area contributed by atoms with Gasteiger partial charge in [-0.05, 0) is 78.4 Å². The summed E-state index contributed by atoms with van der Waals surface area (Å²) in [4.78, 5) is 12.6. The fraction of sp³-hybridized carbons (Fsp3) is 0.208. The molecule has 0 heterocycles. The Kier molecular flexibility index (Phi) is 7.75. The Morgan fingerprint density at radius 2 is 1.65 bits per heavy atom. The molecule has 3 aromatic carbocycles. The molecule has 0 spiro atoms. The van der Waals surface area contributed by atoms with Gasteiger partial charge in [0, 0.05) is 17.5 Å². The van der Waals surface area contributed by atoms with Gasteiger partial charge in [-0.3, -0.25) is 10.0 Å². The number of hydrogen-bond acceptors (Lipinski definition) is 6. The largest absolute Gasteiger partial charge is 0.573 e. The lowest BCUT2D eigenvalue weighted by molar-refractivity contribution is -0.274. The van der Waals surface area contributed by atoms with E-state index in [0.717, 1.165) is 16.4 Å². The third kappa shape index (κ3) is 6.02. The van der Waals surface area contributed by atoms with Crippen LogP contribution in [0.4, 0.5) is 24.5 Å². The number of aryl methyl sites for hydroxylation is 2. The van der Waals surface area contributed by atoms with Crippen molar-refractivity contribution in [2.75, 3.05) is 16.0 Å². The van der Waals surface area contributed by atoms with Gasteiger partial charge in [0.2, 0.25) is 0 Å². The number of aliphatic hydroxyl groups is 1. The second-order valence-electron chi connectivity index (χ2n) is 7.47. The second kappa shape index (κ2) is 10.4. The van der Waals surface area contributed by atoms with E-state index < -0.39 is 18.4 Å². The number of benzene rings is 3. The van der Waals surface area contributed by atoms with Crippen LogP contribution in [0.3, 0.4) is 0 Å². The van der Waals surface area contributed by atoms with Crippen LogP contribution in [0.2, 0.25) is 0 Å². The molecular weight excluding hydrogens is 469 g/mol. The first-order valence-electron chi connectivity index (χ1n) is 10.1. The molecule has 0 aliphatic carbocycles. The number of amides is 1. The number of carbonyl (C=O) groups is 1. The average Bonchev–Trinajstić information content (AvgIpc) is 2.77. The summed E-state index contributed by atoms with van der Waals surface area (Å²) in [6.45, 7) is 3.42. The van der Waals surface area contributed by atoms with E-state index in [1.807, 2.05) is 0 Å². The Hall–Kier alpha value is -3.21. The zero-order chi connectivity index (χ0) is 25.0. The van der Waals surface area contributed by atoms with E-state index >= 15 is 0 Å². The number of hydrogen-bond donors (Lipinski definition) is 3. The van der Waals surface area contributed by atoms with Gasteiger partial charge in [0.15, 0.2) is 6.10 Å². The van der Waals surface area contributed by atoms with Gasteiger partial charge >= 0.3 is 6.36 Å². The number of ether oxygens (including phenoxy) is 1. The normalized spacial score (nSPS) is 12.2. The Bertz CT molecular complexity index is 1150. The van der Waals surface area contributed by atoms with Crippen molar-refractivity contribution >= 4 is 29.2 Å². The molecule has 6 nitrogen and oxygen atoms in total. The molecule has 0 aliphatic rings. The van der Waals surface area contributed by atoms with Gasteiger partial charge in [0.25, 0.3) is 5.91 Å². The van der Waals surface area contributed by atoms with E-state index in [1.165, 1.54) is 30.3 Å². The number of aliphatic hydroxyl groups excluding tert-OH is 1. The molecule has 1 amide bonds. The Labute approximate surface area is 199 Å². The lowest BCUT2D eigenvalue weighted by Crippen LogP contribution is -2.21. The molecule has 0 saturated carbocycles. The lowest BCUT2D eigenvalue weighted by atomic mass is 9.94. The predicted octanol–water partition coefficient (Wildman–Crippen LogP) is 6.01. The minimum absolute atomic E-state index is 0.274. The second-order valence-corrected chi connectivity index (χ2v) is 8.18. The number of para-hydroxylation sites is 1. The van der Waals surface area contributed by atoms with Crippen molar-refractivity contribution in [1.82, 2.24) is 0 Å². The zero-order valence-electron chi connectivity index (χ0n) is 18.6. The minimum Gasteiger partial charge on any atom is -0.405 e. The molecule has 0 saturated heterocycles. The molecule has 10 heteroatoms. The summed E-state index contributed by atoms with van der Waals surface area (Å²) in [6, 6.07) is 15.2. The molecule has 0 aliphatic heterocycles. The van der Waals surface area contributed by atoms with Crippen LogP contribution in [0.5, 0.6) is 5.75 Å². The molecular formula is C24H23F3N2O4S. The van der Waals surface area contributed by atoms with Gasteiger partial charge in [0.05, 0.1) is 5.69 Å². The summed E-state index contributed by atoms with van der Waals surface area (Å²) in [6.07, 6.45) is -4.60. The monoisotopic (exact) mass is 492 g/mol. The molecule has 34 heavy (non-hydrogen) atoms. The van der Waals surface area contributed by atoms with E-state index in [0.29, 0.717) is 33.6 Å². The summed E-state index contributed by atoms with van der Waals surface area (Å²) in [7, 11) is 0. The molecule has 1 atom stereocenters. The van der Waals surface area contributed by atoms with Gasteiger partial charge in [-0.2, -0.15) is 4.47 Å². The molecule has 180 valence electrons. The summed E-state index contributed by atoms with van der Waals surface area (Å²) in [5.74, 6) is -0.995. The Balaban J connectivity index is 1.82. The number of halogens is 3. The van der Waals surface area contributed by atoms with E-state index in [-0.39, 0.29) is 11.3 Å². The summed E-state index contributed by atoms with van der Waals surface area (Å²) < 4.78 is 43.6. The van der Waals surface area contributed by atoms with Crippen LogP contribution < -0.4 is 14.5 Å². The minimum atomic E-state index is -4.83. The first-order valence-corrected chi connectivity index (χ1v) is 11.3. The van der Waals surface area contributed by atoms with E-state index in [1.54, 1.807) is 50.4 Å². The third-order valence-corrected chi connectivity index (χ3v) is 5.59. The highest BCUT2D eigenvalue weighted by atomic mass is 32.2. The maximum Gasteiger partial charge on any atom is 0.573 e. The average molecular weight is 493 g/mol. The van der Waals surface area contributed by atoms with Crippen molar-refractivity contribution in [3.05, 3.63) is 77.4 Å². The topological polar surface area (TPSA) is 82.0 Å². The number of carbonyl (C=O) groups excluding carboxylic acids is 1. The molecule has 0 fully saturated rings. The van der Waals surface area contributed by atoms with Crippen LogP contribution in [0, 0.1) is 13.8 Å². The molecule has 0 bridgehead atoms. The van der Waals surface area contributed by atoms with Crippen LogP contribution >= 0.6 is 11.9 Å². The van der Waals surface area contributed by atoms with Gasteiger partial charge in [-0.25, -0.2) is 0 Å². The van der Waals surface area contributed by atoms with E-state index in [2.05, 4.69) is 10.1 Å². The molecule has 3 aromatic rings. The summed E-state index contributed by atoms with van der Waals surface area (Å²) in [5.41, 5.74) is 3.27. The van der Waals surface area contributed by atoms with Crippen molar-refractivity contribution in [3.63, 3.8) is 0 Å². The molecule has 3 N–H and O–H groups in total. The number of anilines is 2. The van der Waals surface area contributed by atoms with Gasteiger partial charge in [0.1, 0.15) is 5.75 Å². The standard InChI is InChI=1S/C24H23F3N2O4S/c1-14-12-17(28-23(31)22(30)16-8-10-18(11-9-16)29(32)34-3)13-15(2)21(14)19-6-4-5-7-20(19)33-24(25,26)27/h4-13,22,30,32H,1-3H3,(H,28,31). The maximum atomic E-state index is 12.8. The molecule has 0 radical (unpaired) electrons. The summed E-state index contributed by atoms with van der Waals surface area (Å²) >= 11 is 1.09. The lowest BCUT2D eigenvalue weighted by Gasteiger charge is -2.19. The van der Waals surface area contributed by atoms with Crippen molar-refractivity contribution in [3.8, 4) is 16.9 Å². The number of rotatable bonds is 7. The van der Waals surface area contributed by atoms with Gasteiger partial charge in [-0.1, -0.05) is 30.3 Å². The fourth-order valence-corrected chi connectivity index (χ4v) is 3.93. The Morgan fingerprint density at radius 1 is 1.06 bits per heavy atom. The molecule has 0 aromatic heterocycles. The molecule has 3 rings (SSSR count). The molecule has 1 unspecified atom stereocenters. The highest BCUT2D eigenvalue weighted by Crippen LogP contribution is 2.38. The predicted molar refractivity (Wildman–Crippen MR) is 126 cm³/mol. The quantitative estimate of drug-likeness (QED) is 0.277. The number of alkyl halides is 3. The first-order chi connectivity index (χ1) is 16.0. The maximum absolute atomic E-state index is 12.8. The van der Waals surface area contributed by atoms with Crippen molar-refractivity contribution in [1.29, 1.82) is 0 Å². The first kappa shape index (κ1) is 25.4. The van der Waals surface area contributed by atoms with Gasteiger partial charge < -0.3 is 15.2 Å². The van der Waals surface area contributed by atoms with Crippen LogP contribution in [0.1, 0.15) is 22.8 Å². The van der Waals surface area contributed by atoms with Gasteiger partial charge in [-0.15, -0.1) is 13.2 Å². The number of nitrogens with one attached hydrogen (secondary N) is 1. The van der Waals surface area contributed by atoms with Crippen molar-refractivity contribution in [2.24, 2.45) is 0 Å². The Morgan fingerprint density at radius 3 is 2.21 bits per heavy atom. The van der Waals surface area contributed by atoms with E-state index in [9.17, 15) is 28.3 Å². The smallest absolute Gasteiger partial charge is 0.405 e. The van der Waals surface area contributed by atoms with Crippen molar-refractivity contribution < 1.29 is 33.0 Å². The SMILES string of the molecule is CSN(O)c1ccc(C(O)C(=O)Nc2cc(C)c(-c3ccccc3OC(F)(F)F)c(C)c2)cc1. The van der Waals surface area contributed by atoms with E-state index in [4.69, 9.17) is 0 Å². The highest BCUT2D eigenvalue weighted by molar-refractivity contribution is 7.99. The highest BCUT2D eigenvalue weighted by Gasteiger charge is 2.32. The van der Waals surface area contributed by atoms with Crippen LogP contribution in [0.15, 0.2) is 60.7 Å². The number of nitrogens with zero attached hydrogens (tertiary/aromatic N) is 1. The van der Waals surface area contributed by atoms with Crippen molar-refractivity contribution in [2.45, 2.75) is 26.3 Å². The van der Waals surface area contributed by atoms with Crippen LogP contribution in [-0.4, -0.2) is 28.8 Å². The zero-order valence-corrected chi connectivity index (χ0v) is 19.4. The third-order valence-electron chi connectivity index (χ3n) is 5.03. The summed E-state index contributed by atoms with van der Waals surface area (Å²) in [5, 5.41) is 22.8. The van der Waals surface area contributed by atoms with Crippen LogP contribution in [-0.2, 0) is 4.79 Å².